The third kappa shape index (κ3) is 2.38. The van der Waals surface area contributed by atoms with Crippen molar-refractivity contribution >= 4 is 0 Å². The van der Waals surface area contributed by atoms with Crippen molar-refractivity contribution in [2.45, 2.75) is 58.4 Å². The Morgan fingerprint density at radius 1 is 1.06 bits per heavy atom. The predicted molar refractivity (Wildman–Crippen MR) is 71.5 cm³/mol. The lowest BCUT2D eigenvalue weighted by Crippen LogP contribution is -2.45. The molecule has 0 aromatic rings. The van der Waals surface area contributed by atoms with Gasteiger partial charge in [0.05, 0.1) is 6.54 Å². The normalized spacial score (nSPS) is 42.6. The second-order valence-corrected chi connectivity index (χ2v) is 7.04. The molecule has 4 aliphatic rings. The molecular weight excluding hydrogens is 206 g/mol. The highest BCUT2D eigenvalue weighted by Gasteiger charge is 2.50. The number of hydrogen-bond donors (Lipinski definition) is 1. The fourth-order valence-electron chi connectivity index (χ4n) is 4.75. The van der Waals surface area contributed by atoms with Crippen molar-refractivity contribution in [3.63, 3.8) is 0 Å². The lowest BCUT2D eigenvalue weighted by atomic mass is 9.50. The van der Waals surface area contributed by atoms with E-state index in [9.17, 15) is 0 Å². The lowest BCUT2D eigenvalue weighted by Gasteiger charge is -2.54. The SMILES string of the molecule is CC(C)NCC#CC12CC3CC(CC(C3)C1)C2. The highest BCUT2D eigenvalue weighted by atomic mass is 14.9. The van der Waals surface area contributed by atoms with E-state index in [4.69, 9.17) is 0 Å². The first-order chi connectivity index (χ1) is 8.15. The zero-order chi connectivity index (χ0) is 11.9. The largest absolute Gasteiger partial charge is 0.304 e. The fraction of sp³-hybridized carbons (Fsp3) is 0.875. The van der Waals surface area contributed by atoms with Crippen LogP contribution in [-0.2, 0) is 0 Å². The molecule has 4 bridgehead atoms. The Balaban J connectivity index is 1.65. The van der Waals surface area contributed by atoms with Crippen LogP contribution < -0.4 is 5.32 Å². The van der Waals surface area contributed by atoms with Gasteiger partial charge < -0.3 is 5.32 Å². The summed E-state index contributed by atoms with van der Waals surface area (Å²) in [6.07, 6.45) is 8.79. The summed E-state index contributed by atoms with van der Waals surface area (Å²) in [6.45, 7) is 5.25. The molecule has 4 saturated carbocycles. The third-order valence-electron chi connectivity index (χ3n) is 4.99. The van der Waals surface area contributed by atoms with Gasteiger partial charge in [0.2, 0.25) is 0 Å². The van der Waals surface area contributed by atoms with E-state index in [0.717, 1.165) is 24.3 Å². The Morgan fingerprint density at radius 2 is 1.59 bits per heavy atom. The molecule has 4 fully saturated rings. The summed E-state index contributed by atoms with van der Waals surface area (Å²) in [5.74, 6) is 10.1. The van der Waals surface area contributed by atoms with Crippen molar-refractivity contribution in [2.75, 3.05) is 6.54 Å². The minimum Gasteiger partial charge on any atom is -0.304 e. The highest BCUT2D eigenvalue weighted by Crippen LogP contribution is 2.59. The van der Waals surface area contributed by atoms with E-state index in [0.29, 0.717) is 11.5 Å². The van der Waals surface area contributed by atoms with E-state index in [1.165, 1.54) is 38.5 Å². The van der Waals surface area contributed by atoms with Crippen LogP contribution in [0.15, 0.2) is 0 Å². The van der Waals surface area contributed by atoms with Gasteiger partial charge in [0.25, 0.3) is 0 Å². The van der Waals surface area contributed by atoms with Crippen LogP contribution in [0.1, 0.15) is 52.4 Å². The molecule has 0 atom stereocenters. The van der Waals surface area contributed by atoms with Gasteiger partial charge in [-0.3, -0.25) is 0 Å². The lowest BCUT2D eigenvalue weighted by molar-refractivity contribution is -0.0181. The van der Waals surface area contributed by atoms with E-state index in [1.807, 2.05) is 0 Å². The van der Waals surface area contributed by atoms with Crippen molar-refractivity contribution in [3.05, 3.63) is 0 Å². The Hall–Kier alpha value is -0.480. The summed E-state index contributed by atoms with van der Waals surface area (Å²) in [4.78, 5) is 0. The molecule has 4 aliphatic carbocycles. The zero-order valence-electron chi connectivity index (χ0n) is 11.3. The molecule has 4 rings (SSSR count). The molecule has 1 N–H and O–H groups in total. The number of rotatable bonds is 2. The maximum atomic E-state index is 3.67. The van der Waals surface area contributed by atoms with Crippen LogP contribution in [-0.4, -0.2) is 12.6 Å². The third-order valence-corrected chi connectivity index (χ3v) is 4.99. The monoisotopic (exact) mass is 231 g/mol. The van der Waals surface area contributed by atoms with Crippen molar-refractivity contribution < 1.29 is 0 Å². The van der Waals surface area contributed by atoms with Gasteiger partial charge in [0.1, 0.15) is 0 Å². The van der Waals surface area contributed by atoms with E-state index in [1.54, 1.807) is 0 Å². The first-order valence-corrected chi connectivity index (χ1v) is 7.39. The molecule has 0 aliphatic heterocycles. The molecule has 0 radical (unpaired) electrons. The van der Waals surface area contributed by atoms with Gasteiger partial charge in [-0.2, -0.15) is 0 Å². The van der Waals surface area contributed by atoms with Crippen LogP contribution in [0.2, 0.25) is 0 Å². The Morgan fingerprint density at radius 3 is 2.06 bits per heavy atom. The average molecular weight is 231 g/mol. The molecular formula is C16H25N. The van der Waals surface area contributed by atoms with Crippen LogP contribution in [0.4, 0.5) is 0 Å². The summed E-state index contributed by atoms with van der Waals surface area (Å²) in [6, 6.07) is 0.556. The van der Waals surface area contributed by atoms with Gasteiger partial charge in [0.15, 0.2) is 0 Å². The standard InChI is InChI=1S/C16H25N/c1-12(2)17-5-3-4-16-9-13-6-14(10-16)8-15(7-13)11-16/h12-15,17H,5-11H2,1-2H3. The summed E-state index contributed by atoms with van der Waals surface area (Å²) in [5, 5.41) is 3.40. The van der Waals surface area contributed by atoms with Gasteiger partial charge in [-0.1, -0.05) is 11.8 Å². The molecule has 0 heterocycles. The van der Waals surface area contributed by atoms with Crippen LogP contribution >= 0.6 is 0 Å². The molecule has 0 spiro atoms. The maximum absolute atomic E-state index is 3.67. The van der Waals surface area contributed by atoms with Crippen LogP contribution in [0, 0.1) is 35.0 Å². The predicted octanol–water partition coefficient (Wildman–Crippen LogP) is 3.20. The van der Waals surface area contributed by atoms with Gasteiger partial charge in [-0.25, -0.2) is 0 Å². The van der Waals surface area contributed by atoms with Crippen molar-refractivity contribution in [1.82, 2.24) is 5.32 Å². The summed E-state index contributed by atoms with van der Waals surface area (Å²) >= 11 is 0. The molecule has 17 heavy (non-hydrogen) atoms. The van der Waals surface area contributed by atoms with E-state index >= 15 is 0 Å². The smallest absolute Gasteiger partial charge is 0.0578 e. The molecule has 94 valence electrons. The zero-order valence-corrected chi connectivity index (χ0v) is 11.3. The quantitative estimate of drug-likeness (QED) is 0.720. The van der Waals surface area contributed by atoms with Crippen molar-refractivity contribution in [3.8, 4) is 11.8 Å². The highest BCUT2D eigenvalue weighted by molar-refractivity contribution is 5.19. The molecule has 1 nitrogen and oxygen atoms in total. The van der Waals surface area contributed by atoms with Gasteiger partial charge >= 0.3 is 0 Å². The van der Waals surface area contributed by atoms with E-state index < -0.39 is 0 Å². The van der Waals surface area contributed by atoms with Crippen LogP contribution in [0.3, 0.4) is 0 Å². The van der Waals surface area contributed by atoms with Crippen LogP contribution in [0.5, 0.6) is 0 Å². The van der Waals surface area contributed by atoms with Crippen LogP contribution in [0.25, 0.3) is 0 Å². The molecule has 0 aromatic carbocycles. The fourth-order valence-corrected chi connectivity index (χ4v) is 4.75. The number of nitrogens with one attached hydrogen (secondary N) is 1. The molecule has 1 heteroatoms. The molecule has 0 saturated heterocycles. The molecule has 0 unspecified atom stereocenters. The average Bonchev–Trinajstić information content (AvgIpc) is 2.22. The first-order valence-electron chi connectivity index (χ1n) is 7.39. The summed E-state index contributed by atoms with van der Waals surface area (Å²) in [5.41, 5.74) is 0.438. The van der Waals surface area contributed by atoms with Gasteiger partial charge in [0, 0.05) is 11.5 Å². The van der Waals surface area contributed by atoms with Gasteiger partial charge in [-0.15, -0.1) is 0 Å². The first kappa shape index (κ1) is 11.6. The minimum absolute atomic E-state index is 0.438. The van der Waals surface area contributed by atoms with Crippen molar-refractivity contribution in [1.29, 1.82) is 0 Å². The second-order valence-electron chi connectivity index (χ2n) is 7.04. The second kappa shape index (κ2) is 4.32. The van der Waals surface area contributed by atoms with Crippen molar-refractivity contribution in [2.24, 2.45) is 23.2 Å². The summed E-state index contributed by atoms with van der Waals surface area (Å²) in [7, 11) is 0. The van der Waals surface area contributed by atoms with Gasteiger partial charge in [-0.05, 0) is 70.1 Å². The Kier molecular flexibility index (Phi) is 2.95. The maximum Gasteiger partial charge on any atom is 0.0578 e. The van der Waals surface area contributed by atoms with E-state index in [-0.39, 0.29) is 0 Å². The molecule has 0 amide bonds. The molecule has 0 aromatic heterocycles. The Bertz CT molecular complexity index is 309. The number of hydrogen-bond acceptors (Lipinski definition) is 1. The Labute approximate surface area is 106 Å². The summed E-state index contributed by atoms with van der Waals surface area (Å²) < 4.78 is 0. The topological polar surface area (TPSA) is 12.0 Å². The van der Waals surface area contributed by atoms with E-state index in [2.05, 4.69) is 31.0 Å². The minimum atomic E-state index is 0.438.